The minimum atomic E-state index is -0.152. The summed E-state index contributed by atoms with van der Waals surface area (Å²) in [5, 5.41) is 3.49. The summed E-state index contributed by atoms with van der Waals surface area (Å²) in [4.78, 5) is 12.2. The molecule has 110 valence electrons. The second kappa shape index (κ2) is 5.90. The third-order valence-electron chi connectivity index (χ3n) is 3.44. The average Bonchev–Trinajstić information content (AvgIpc) is 2.41. The molecule has 0 radical (unpaired) electrons. The standard InChI is InChI=1S/C18H20ClNO/c1-12-5-6-13(11-16(12)19)17(21)20-15-9-7-14(8-10-15)18(2,3)4/h5-11H,1-4H3,(H,20,21). The van der Waals surface area contributed by atoms with Gasteiger partial charge in [-0.15, -0.1) is 0 Å². The van der Waals surface area contributed by atoms with Crippen LogP contribution in [0.2, 0.25) is 5.02 Å². The Morgan fingerprint density at radius 1 is 1.05 bits per heavy atom. The van der Waals surface area contributed by atoms with Gasteiger partial charge in [0.2, 0.25) is 0 Å². The molecule has 0 saturated carbocycles. The maximum atomic E-state index is 12.2. The van der Waals surface area contributed by atoms with E-state index in [0.717, 1.165) is 11.3 Å². The first-order chi connectivity index (χ1) is 9.77. The Labute approximate surface area is 131 Å². The molecule has 0 atom stereocenters. The molecular formula is C18H20ClNO. The van der Waals surface area contributed by atoms with Gasteiger partial charge in [-0.05, 0) is 47.7 Å². The molecule has 0 aliphatic rings. The predicted molar refractivity (Wildman–Crippen MR) is 89.3 cm³/mol. The Morgan fingerprint density at radius 3 is 2.19 bits per heavy atom. The zero-order valence-electron chi connectivity index (χ0n) is 12.8. The van der Waals surface area contributed by atoms with Crippen LogP contribution in [0.5, 0.6) is 0 Å². The maximum Gasteiger partial charge on any atom is 0.255 e. The number of anilines is 1. The Bertz CT molecular complexity index is 654. The number of hydrogen-bond acceptors (Lipinski definition) is 1. The normalized spacial score (nSPS) is 11.3. The van der Waals surface area contributed by atoms with Crippen molar-refractivity contribution in [2.45, 2.75) is 33.1 Å². The van der Waals surface area contributed by atoms with Crippen LogP contribution in [0.1, 0.15) is 42.3 Å². The van der Waals surface area contributed by atoms with Gasteiger partial charge >= 0.3 is 0 Å². The average molecular weight is 302 g/mol. The van der Waals surface area contributed by atoms with Gasteiger partial charge in [0.15, 0.2) is 0 Å². The summed E-state index contributed by atoms with van der Waals surface area (Å²) < 4.78 is 0. The Balaban J connectivity index is 2.14. The van der Waals surface area contributed by atoms with E-state index in [4.69, 9.17) is 11.6 Å². The van der Waals surface area contributed by atoms with Gasteiger partial charge < -0.3 is 5.32 Å². The molecule has 2 aromatic rings. The highest BCUT2D eigenvalue weighted by Crippen LogP contribution is 2.24. The maximum absolute atomic E-state index is 12.2. The second-order valence-electron chi connectivity index (χ2n) is 6.25. The number of nitrogens with one attached hydrogen (secondary N) is 1. The van der Waals surface area contributed by atoms with Crippen molar-refractivity contribution in [3.8, 4) is 0 Å². The van der Waals surface area contributed by atoms with Crippen molar-refractivity contribution >= 4 is 23.2 Å². The molecule has 2 aromatic carbocycles. The van der Waals surface area contributed by atoms with Crippen molar-refractivity contribution in [1.82, 2.24) is 0 Å². The van der Waals surface area contributed by atoms with Gasteiger partial charge in [0, 0.05) is 16.3 Å². The Hall–Kier alpha value is -1.80. The van der Waals surface area contributed by atoms with E-state index in [1.807, 2.05) is 37.3 Å². The summed E-state index contributed by atoms with van der Waals surface area (Å²) in [6.45, 7) is 8.40. The summed E-state index contributed by atoms with van der Waals surface area (Å²) in [7, 11) is 0. The fraction of sp³-hybridized carbons (Fsp3) is 0.278. The molecule has 0 bridgehead atoms. The molecule has 0 heterocycles. The van der Waals surface area contributed by atoms with Crippen LogP contribution in [0, 0.1) is 6.92 Å². The molecule has 2 rings (SSSR count). The van der Waals surface area contributed by atoms with Crippen LogP contribution in [0.3, 0.4) is 0 Å². The predicted octanol–water partition coefficient (Wildman–Crippen LogP) is 5.20. The summed E-state index contributed by atoms with van der Waals surface area (Å²) >= 11 is 6.05. The lowest BCUT2D eigenvalue weighted by Gasteiger charge is -2.19. The third-order valence-corrected chi connectivity index (χ3v) is 3.85. The van der Waals surface area contributed by atoms with E-state index >= 15 is 0 Å². The van der Waals surface area contributed by atoms with Crippen LogP contribution >= 0.6 is 11.6 Å². The van der Waals surface area contributed by atoms with Crippen LogP contribution < -0.4 is 5.32 Å². The first kappa shape index (κ1) is 15.6. The van der Waals surface area contributed by atoms with Gasteiger partial charge in [-0.2, -0.15) is 0 Å². The largest absolute Gasteiger partial charge is 0.322 e. The minimum absolute atomic E-state index is 0.104. The smallest absolute Gasteiger partial charge is 0.255 e. The lowest BCUT2D eigenvalue weighted by molar-refractivity contribution is 0.102. The number of hydrogen-bond donors (Lipinski definition) is 1. The molecule has 3 heteroatoms. The number of carbonyl (C=O) groups is 1. The van der Waals surface area contributed by atoms with E-state index in [0.29, 0.717) is 10.6 Å². The van der Waals surface area contributed by atoms with E-state index in [1.54, 1.807) is 12.1 Å². The monoisotopic (exact) mass is 301 g/mol. The fourth-order valence-corrected chi connectivity index (χ4v) is 2.17. The van der Waals surface area contributed by atoms with Crippen LogP contribution in [0.25, 0.3) is 0 Å². The molecule has 0 spiro atoms. The zero-order chi connectivity index (χ0) is 15.6. The van der Waals surface area contributed by atoms with Crippen molar-refractivity contribution in [2.75, 3.05) is 5.32 Å². The summed E-state index contributed by atoms with van der Waals surface area (Å²) in [5.41, 5.74) is 3.64. The molecule has 0 aromatic heterocycles. The quantitative estimate of drug-likeness (QED) is 0.811. The van der Waals surface area contributed by atoms with Gasteiger partial charge in [-0.3, -0.25) is 4.79 Å². The topological polar surface area (TPSA) is 29.1 Å². The van der Waals surface area contributed by atoms with Crippen LogP contribution in [0.15, 0.2) is 42.5 Å². The molecule has 21 heavy (non-hydrogen) atoms. The van der Waals surface area contributed by atoms with Gasteiger partial charge in [-0.1, -0.05) is 50.6 Å². The van der Waals surface area contributed by atoms with Crippen molar-refractivity contribution in [2.24, 2.45) is 0 Å². The summed E-state index contributed by atoms with van der Waals surface area (Å²) in [5.74, 6) is -0.152. The molecule has 0 saturated heterocycles. The Kier molecular flexibility index (Phi) is 4.38. The van der Waals surface area contributed by atoms with Gasteiger partial charge in [0.05, 0.1) is 0 Å². The second-order valence-corrected chi connectivity index (χ2v) is 6.65. The molecule has 2 nitrogen and oxygen atoms in total. The van der Waals surface area contributed by atoms with E-state index in [2.05, 4.69) is 26.1 Å². The lowest BCUT2D eigenvalue weighted by atomic mass is 9.87. The first-order valence-corrected chi connectivity index (χ1v) is 7.33. The van der Waals surface area contributed by atoms with Gasteiger partial charge in [0.25, 0.3) is 5.91 Å². The number of benzene rings is 2. The van der Waals surface area contributed by atoms with Crippen molar-refractivity contribution in [3.05, 3.63) is 64.2 Å². The first-order valence-electron chi connectivity index (χ1n) is 6.95. The highest BCUT2D eigenvalue weighted by molar-refractivity contribution is 6.31. The van der Waals surface area contributed by atoms with E-state index in [-0.39, 0.29) is 11.3 Å². The van der Waals surface area contributed by atoms with Crippen molar-refractivity contribution < 1.29 is 4.79 Å². The summed E-state index contributed by atoms with van der Waals surface area (Å²) in [6.07, 6.45) is 0. The molecule has 0 fully saturated rings. The van der Waals surface area contributed by atoms with Crippen LogP contribution in [-0.4, -0.2) is 5.91 Å². The van der Waals surface area contributed by atoms with E-state index < -0.39 is 0 Å². The zero-order valence-corrected chi connectivity index (χ0v) is 13.6. The molecule has 0 aliphatic carbocycles. The molecule has 0 unspecified atom stereocenters. The highest BCUT2D eigenvalue weighted by Gasteiger charge is 2.13. The van der Waals surface area contributed by atoms with E-state index in [1.165, 1.54) is 5.56 Å². The van der Waals surface area contributed by atoms with Gasteiger partial charge in [0.1, 0.15) is 0 Å². The van der Waals surface area contributed by atoms with Crippen molar-refractivity contribution in [1.29, 1.82) is 0 Å². The third kappa shape index (κ3) is 3.85. The van der Waals surface area contributed by atoms with Crippen molar-refractivity contribution in [3.63, 3.8) is 0 Å². The number of halogens is 1. The molecule has 1 amide bonds. The SMILES string of the molecule is Cc1ccc(C(=O)Nc2ccc(C(C)(C)C)cc2)cc1Cl. The Morgan fingerprint density at radius 2 is 1.67 bits per heavy atom. The molecular weight excluding hydrogens is 282 g/mol. The highest BCUT2D eigenvalue weighted by atomic mass is 35.5. The number of amides is 1. The number of aryl methyl sites for hydroxylation is 1. The minimum Gasteiger partial charge on any atom is -0.322 e. The number of rotatable bonds is 2. The van der Waals surface area contributed by atoms with Crippen LogP contribution in [-0.2, 0) is 5.41 Å². The molecule has 0 aliphatic heterocycles. The molecule has 1 N–H and O–H groups in total. The van der Waals surface area contributed by atoms with Gasteiger partial charge in [-0.25, -0.2) is 0 Å². The van der Waals surface area contributed by atoms with Crippen LogP contribution in [0.4, 0.5) is 5.69 Å². The fourth-order valence-electron chi connectivity index (χ4n) is 1.99. The lowest BCUT2D eigenvalue weighted by Crippen LogP contribution is -2.13. The summed E-state index contributed by atoms with van der Waals surface area (Å²) in [6, 6.07) is 13.2. The number of carbonyl (C=O) groups excluding carboxylic acids is 1. The van der Waals surface area contributed by atoms with E-state index in [9.17, 15) is 4.79 Å².